The van der Waals surface area contributed by atoms with E-state index in [0.29, 0.717) is 30.9 Å². The van der Waals surface area contributed by atoms with Crippen molar-refractivity contribution in [2.45, 2.75) is 39.3 Å². The van der Waals surface area contributed by atoms with Gasteiger partial charge in [0, 0.05) is 24.6 Å². The van der Waals surface area contributed by atoms with E-state index >= 15 is 0 Å². The Kier molecular flexibility index (Phi) is 7.40. The van der Waals surface area contributed by atoms with Crippen LogP contribution in [0.15, 0.2) is 41.9 Å². The highest BCUT2D eigenvalue weighted by molar-refractivity contribution is 5.98. The molecule has 0 aliphatic carbocycles. The van der Waals surface area contributed by atoms with Crippen molar-refractivity contribution in [1.29, 1.82) is 0 Å². The Morgan fingerprint density at radius 3 is 2.62 bits per heavy atom. The molecule has 3 rings (SSSR count). The summed E-state index contributed by atoms with van der Waals surface area (Å²) in [6, 6.07) is 6.09. The Morgan fingerprint density at radius 2 is 2.00 bits per heavy atom. The Labute approximate surface area is 188 Å². The maximum absolute atomic E-state index is 13.4. The summed E-state index contributed by atoms with van der Waals surface area (Å²) in [5.74, 6) is -0.191. The first-order valence-corrected chi connectivity index (χ1v) is 10.6. The molecule has 1 aliphatic heterocycles. The van der Waals surface area contributed by atoms with E-state index in [1.165, 1.54) is 24.7 Å². The zero-order valence-corrected chi connectivity index (χ0v) is 19.2. The van der Waals surface area contributed by atoms with Crippen LogP contribution in [0.2, 0.25) is 0 Å². The molecule has 2 N–H and O–H groups in total. The van der Waals surface area contributed by atoms with E-state index in [-0.39, 0.29) is 29.3 Å². The van der Waals surface area contributed by atoms with Crippen molar-refractivity contribution in [3.8, 4) is 0 Å². The van der Waals surface area contributed by atoms with E-state index in [9.17, 15) is 9.18 Å². The van der Waals surface area contributed by atoms with Gasteiger partial charge in [-0.25, -0.2) is 14.4 Å². The van der Waals surface area contributed by atoms with Crippen molar-refractivity contribution in [3.05, 3.63) is 53.7 Å². The molecule has 0 radical (unpaired) electrons. The van der Waals surface area contributed by atoms with Crippen molar-refractivity contribution < 1.29 is 14.0 Å². The van der Waals surface area contributed by atoms with Gasteiger partial charge in [-0.3, -0.25) is 4.79 Å². The van der Waals surface area contributed by atoms with Gasteiger partial charge in [-0.15, -0.1) is 0 Å². The van der Waals surface area contributed by atoms with Gasteiger partial charge in [-0.05, 0) is 31.8 Å². The van der Waals surface area contributed by atoms with E-state index in [1.807, 2.05) is 19.0 Å². The molecular formula is C23H31FN6O2. The topological polar surface area (TPSA) is 91.7 Å². The fourth-order valence-corrected chi connectivity index (χ4v) is 3.35. The molecule has 8 nitrogen and oxygen atoms in total. The Hall–Kier alpha value is -3.07. The molecule has 0 saturated carbocycles. The molecule has 0 bridgehead atoms. The summed E-state index contributed by atoms with van der Waals surface area (Å²) < 4.78 is 13.4. The van der Waals surface area contributed by atoms with Gasteiger partial charge in [0.05, 0.1) is 18.3 Å². The van der Waals surface area contributed by atoms with Crippen LogP contribution in [-0.2, 0) is 4.84 Å². The van der Waals surface area contributed by atoms with Gasteiger partial charge in [0.15, 0.2) is 0 Å². The number of carbonyl (C=O) groups excluding carboxylic acids is 1. The number of likely N-dealkylation sites (N-methyl/N-ethyl adjacent to an activating group) is 1. The molecule has 1 aliphatic rings. The van der Waals surface area contributed by atoms with Crippen LogP contribution < -0.4 is 10.6 Å². The highest BCUT2D eigenvalue weighted by Gasteiger charge is 2.30. The highest BCUT2D eigenvalue weighted by atomic mass is 19.1. The SMILES string of the molecule is CN(C)CC(Nc1ncncc1C(=O)NCC1CC(C(C)(C)C)=NO1)c1ccc(F)cc1. The Morgan fingerprint density at radius 1 is 1.28 bits per heavy atom. The van der Waals surface area contributed by atoms with E-state index in [2.05, 4.69) is 46.5 Å². The molecule has 2 atom stereocenters. The number of nitrogens with one attached hydrogen (secondary N) is 2. The van der Waals surface area contributed by atoms with E-state index in [1.54, 1.807) is 12.1 Å². The van der Waals surface area contributed by atoms with Gasteiger partial charge in [0.25, 0.3) is 5.91 Å². The number of benzene rings is 1. The average molecular weight is 443 g/mol. The number of oxime groups is 1. The van der Waals surface area contributed by atoms with Gasteiger partial charge in [0.2, 0.25) is 0 Å². The number of carbonyl (C=O) groups is 1. The fraction of sp³-hybridized carbons (Fsp3) is 0.478. The lowest BCUT2D eigenvalue weighted by atomic mass is 9.87. The normalized spacial score (nSPS) is 17.0. The van der Waals surface area contributed by atoms with Gasteiger partial charge in [-0.2, -0.15) is 0 Å². The second-order valence-corrected chi connectivity index (χ2v) is 9.23. The van der Waals surface area contributed by atoms with Gasteiger partial charge in [-0.1, -0.05) is 38.1 Å². The Balaban J connectivity index is 1.69. The summed E-state index contributed by atoms with van der Waals surface area (Å²) in [6.07, 6.45) is 3.35. The lowest BCUT2D eigenvalue weighted by Crippen LogP contribution is -2.34. The van der Waals surface area contributed by atoms with Crippen molar-refractivity contribution in [3.63, 3.8) is 0 Å². The van der Waals surface area contributed by atoms with Gasteiger partial charge < -0.3 is 20.4 Å². The predicted octanol–water partition coefficient (Wildman–Crippen LogP) is 3.25. The number of amides is 1. The fourth-order valence-electron chi connectivity index (χ4n) is 3.35. The van der Waals surface area contributed by atoms with Crippen LogP contribution in [0, 0.1) is 11.2 Å². The van der Waals surface area contributed by atoms with E-state index in [0.717, 1.165) is 11.3 Å². The van der Waals surface area contributed by atoms with Crippen molar-refractivity contribution in [2.24, 2.45) is 10.6 Å². The number of nitrogens with zero attached hydrogens (tertiary/aromatic N) is 4. The summed E-state index contributed by atoms with van der Waals surface area (Å²) in [4.78, 5) is 28.7. The second kappa shape index (κ2) is 10.0. The molecule has 2 aromatic rings. The van der Waals surface area contributed by atoms with Crippen LogP contribution in [0.1, 0.15) is 49.2 Å². The summed E-state index contributed by atoms with van der Waals surface area (Å²) in [5, 5.41) is 10.4. The monoisotopic (exact) mass is 442 g/mol. The first-order chi connectivity index (χ1) is 15.1. The van der Waals surface area contributed by atoms with Crippen molar-refractivity contribution in [2.75, 3.05) is 32.5 Å². The minimum Gasteiger partial charge on any atom is -0.390 e. The largest absolute Gasteiger partial charge is 0.390 e. The predicted molar refractivity (Wildman–Crippen MR) is 122 cm³/mol. The molecule has 0 fully saturated rings. The minimum absolute atomic E-state index is 0.0646. The molecule has 1 aromatic heterocycles. The first kappa shape index (κ1) is 23.6. The number of hydrogen-bond acceptors (Lipinski definition) is 7. The number of aromatic nitrogens is 2. The smallest absolute Gasteiger partial charge is 0.256 e. The number of rotatable bonds is 8. The van der Waals surface area contributed by atoms with Gasteiger partial charge >= 0.3 is 0 Å². The zero-order chi connectivity index (χ0) is 23.3. The summed E-state index contributed by atoms with van der Waals surface area (Å²) in [5.41, 5.74) is 2.13. The maximum atomic E-state index is 13.4. The molecule has 2 unspecified atom stereocenters. The number of halogens is 1. The lowest BCUT2D eigenvalue weighted by molar-refractivity contribution is 0.0753. The number of hydrogen-bond donors (Lipinski definition) is 2. The second-order valence-electron chi connectivity index (χ2n) is 9.23. The van der Waals surface area contributed by atoms with E-state index < -0.39 is 0 Å². The van der Waals surface area contributed by atoms with Crippen LogP contribution in [0.3, 0.4) is 0 Å². The van der Waals surface area contributed by atoms with Crippen LogP contribution in [-0.4, -0.2) is 59.8 Å². The maximum Gasteiger partial charge on any atom is 0.256 e. The van der Waals surface area contributed by atoms with Crippen LogP contribution in [0.25, 0.3) is 0 Å². The lowest BCUT2D eigenvalue weighted by Gasteiger charge is -2.24. The third kappa shape index (κ3) is 6.23. The molecule has 172 valence electrons. The first-order valence-electron chi connectivity index (χ1n) is 10.6. The third-order valence-electron chi connectivity index (χ3n) is 5.18. The highest BCUT2D eigenvalue weighted by Crippen LogP contribution is 2.25. The quantitative estimate of drug-likeness (QED) is 0.652. The summed E-state index contributed by atoms with van der Waals surface area (Å²) in [6.45, 7) is 7.21. The number of anilines is 1. The molecule has 9 heteroatoms. The Bertz CT molecular complexity index is 956. The molecule has 32 heavy (non-hydrogen) atoms. The molecule has 2 heterocycles. The summed E-state index contributed by atoms with van der Waals surface area (Å²) in [7, 11) is 3.89. The van der Waals surface area contributed by atoms with E-state index in [4.69, 9.17) is 4.84 Å². The van der Waals surface area contributed by atoms with Crippen LogP contribution in [0.5, 0.6) is 0 Å². The molecule has 1 aromatic carbocycles. The standard InChI is InChI=1S/C23H31FN6O2/c1-23(2,3)20-10-17(32-29-20)11-26-22(31)18-12-25-14-27-21(18)28-19(13-30(4)5)15-6-8-16(24)9-7-15/h6-9,12,14,17,19H,10-11,13H2,1-5H3,(H,26,31)(H,25,27,28). The minimum atomic E-state index is -0.302. The summed E-state index contributed by atoms with van der Waals surface area (Å²) >= 11 is 0. The molecule has 1 amide bonds. The van der Waals surface area contributed by atoms with Crippen molar-refractivity contribution in [1.82, 2.24) is 20.2 Å². The molecular weight excluding hydrogens is 411 g/mol. The third-order valence-corrected chi connectivity index (χ3v) is 5.18. The van der Waals surface area contributed by atoms with Crippen molar-refractivity contribution >= 4 is 17.4 Å². The zero-order valence-electron chi connectivity index (χ0n) is 19.2. The molecule has 0 spiro atoms. The van der Waals surface area contributed by atoms with Gasteiger partial charge in [0.1, 0.15) is 29.6 Å². The average Bonchev–Trinajstić information content (AvgIpc) is 3.22. The van der Waals surface area contributed by atoms with Crippen LogP contribution >= 0.6 is 0 Å². The molecule has 0 saturated heterocycles. The van der Waals surface area contributed by atoms with Crippen LogP contribution in [0.4, 0.5) is 10.2 Å².